The minimum atomic E-state index is -3.58. The van der Waals surface area contributed by atoms with Crippen LogP contribution in [0, 0.1) is 17.8 Å². The smallest absolute Gasteiger partial charge is 0.374 e. The summed E-state index contributed by atoms with van der Waals surface area (Å²) in [4.78, 5) is 12.0. The Morgan fingerprint density at radius 1 is 1.06 bits per heavy atom. The van der Waals surface area contributed by atoms with Crippen LogP contribution in [-0.4, -0.2) is 41.5 Å². The molecule has 2 saturated carbocycles. The molecule has 1 aromatic rings. The zero-order valence-electron chi connectivity index (χ0n) is 19.2. The van der Waals surface area contributed by atoms with E-state index in [0.717, 1.165) is 35.9 Å². The van der Waals surface area contributed by atoms with Gasteiger partial charge in [-0.05, 0) is 80.5 Å². The molecule has 0 radical (unpaired) electrons. The molecule has 32 heavy (non-hydrogen) atoms. The van der Waals surface area contributed by atoms with Gasteiger partial charge in [0.05, 0.1) is 0 Å². The van der Waals surface area contributed by atoms with Crippen LogP contribution in [0.2, 0.25) is 5.02 Å². The summed E-state index contributed by atoms with van der Waals surface area (Å²) in [5, 5.41) is 8.36. The molecule has 3 N–H and O–H groups in total. The summed E-state index contributed by atoms with van der Waals surface area (Å²) in [6.45, 7) is 4.77. The number of hydrogen-bond donors (Lipinski definition) is 2. The van der Waals surface area contributed by atoms with Crippen LogP contribution in [-0.2, 0) is 11.3 Å². The number of aliphatic carboxylic acids is 1. The molecule has 0 atom stereocenters. The van der Waals surface area contributed by atoms with Gasteiger partial charge in [0.1, 0.15) is 0 Å². The molecule has 0 aliphatic heterocycles. The molecule has 0 spiro atoms. The van der Waals surface area contributed by atoms with Crippen LogP contribution in [0.15, 0.2) is 24.3 Å². The maximum absolute atomic E-state index is 11.2. The molecule has 3 rings (SSSR count). The molecular weight excluding hydrogens is 434 g/mol. The lowest BCUT2D eigenvalue weighted by atomic mass is 9.81. The molecule has 7 heteroatoms. The normalized spacial score (nSPS) is 22.3. The third-order valence-electron chi connectivity index (χ3n) is 6.73. The number of carbonyl (C=O) groups is 1. The number of alkyl halides is 2. The number of halogens is 3. The van der Waals surface area contributed by atoms with Crippen LogP contribution in [0.25, 0.3) is 0 Å². The van der Waals surface area contributed by atoms with Crippen molar-refractivity contribution in [1.82, 2.24) is 4.90 Å². The molecule has 0 aromatic heterocycles. The Hall–Kier alpha value is -1.24. The van der Waals surface area contributed by atoms with Crippen molar-refractivity contribution in [2.45, 2.75) is 77.2 Å². The third-order valence-corrected chi connectivity index (χ3v) is 6.96. The lowest BCUT2D eigenvalue weighted by molar-refractivity contribution is -0.161. The first kappa shape index (κ1) is 27.0. The van der Waals surface area contributed by atoms with Crippen molar-refractivity contribution in [3.63, 3.8) is 0 Å². The van der Waals surface area contributed by atoms with E-state index in [2.05, 4.69) is 23.1 Å². The van der Waals surface area contributed by atoms with E-state index in [1.54, 1.807) is 0 Å². The quantitative estimate of drug-likeness (QED) is 0.471. The van der Waals surface area contributed by atoms with Gasteiger partial charge in [-0.15, -0.1) is 0 Å². The van der Waals surface area contributed by atoms with Gasteiger partial charge >= 0.3 is 11.9 Å². The van der Waals surface area contributed by atoms with Crippen molar-refractivity contribution in [3.8, 4) is 0 Å². The van der Waals surface area contributed by atoms with Crippen LogP contribution < -0.4 is 5.73 Å². The second kappa shape index (κ2) is 13.5. The minimum Gasteiger partial charge on any atom is -0.477 e. The lowest BCUT2D eigenvalue weighted by Crippen LogP contribution is -2.36. The molecule has 4 nitrogen and oxygen atoms in total. The zero-order chi connectivity index (χ0) is 23.6. The largest absolute Gasteiger partial charge is 0.477 e. The minimum absolute atomic E-state index is 0.329. The zero-order valence-corrected chi connectivity index (χ0v) is 20.0. The molecule has 2 aliphatic carbocycles. The number of rotatable bonds is 8. The highest BCUT2D eigenvalue weighted by Gasteiger charge is 2.31. The molecule has 0 amide bonds. The summed E-state index contributed by atoms with van der Waals surface area (Å²) < 4.78 is 22.5. The molecule has 0 bridgehead atoms. The first-order chi connectivity index (χ1) is 15.2. The number of nitrogens with zero attached hydrogens (tertiary/aromatic N) is 1. The SMILES string of the molecule is CC(F)(F)C(=O)O.NCC1CCC(CN(Cc2cccc(Cl)c2)CC2CCCCC2)CC1. The molecular formula is C25H39ClF2N2O2. The molecule has 0 saturated heterocycles. The molecule has 2 fully saturated rings. The van der Waals surface area contributed by atoms with Gasteiger partial charge in [0.2, 0.25) is 0 Å². The second-order valence-corrected chi connectivity index (χ2v) is 10.1. The summed E-state index contributed by atoms with van der Waals surface area (Å²) in [5.74, 6) is -3.15. The van der Waals surface area contributed by atoms with E-state index in [1.807, 2.05) is 6.07 Å². The summed E-state index contributed by atoms with van der Waals surface area (Å²) in [5.41, 5.74) is 7.23. The van der Waals surface area contributed by atoms with Crippen LogP contribution in [0.3, 0.4) is 0 Å². The fourth-order valence-corrected chi connectivity index (χ4v) is 5.06. The first-order valence-electron chi connectivity index (χ1n) is 12.0. The Morgan fingerprint density at radius 2 is 1.59 bits per heavy atom. The van der Waals surface area contributed by atoms with Crippen molar-refractivity contribution in [3.05, 3.63) is 34.9 Å². The van der Waals surface area contributed by atoms with Gasteiger partial charge in [-0.25, -0.2) is 4.79 Å². The number of nitrogens with two attached hydrogens (primary N) is 1. The fraction of sp³-hybridized carbons (Fsp3) is 0.720. The van der Waals surface area contributed by atoms with Crippen LogP contribution in [0.5, 0.6) is 0 Å². The summed E-state index contributed by atoms with van der Waals surface area (Å²) in [6.07, 6.45) is 12.5. The highest BCUT2D eigenvalue weighted by Crippen LogP contribution is 2.31. The van der Waals surface area contributed by atoms with E-state index in [-0.39, 0.29) is 0 Å². The number of benzene rings is 1. The van der Waals surface area contributed by atoms with E-state index in [9.17, 15) is 13.6 Å². The number of carboxylic acids is 1. The molecule has 182 valence electrons. The Bertz CT molecular complexity index is 685. The van der Waals surface area contributed by atoms with Crippen molar-refractivity contribution < 1.29 is 18.7 Å². The van der Waals surface area contributed by atoms with E-state index in [0.29, 0.717) is 6.92 Å². The predicted octanol–water partition coefficient (Wildman–Crippen LogP) is 6.21. The summed E-state index contributed by atoms with van der Waals surface area (Å²) in [7, 11) is 0. The predicted molar refractivity (Wildman–Crippen MR) is 126 cm³/mol. The lowest BCUT2D eigenvalue weighted by Gasteiger charge is -2.35. The Kier molecular flexibility index (Phi) is 11.4. The molecule has 2 aliphatic rings. The van der Waals surface area contributed by atoms with Gasteiger partial charge in [0, 0.05) is 31.6 Å². The Morgan fingerprint density at radius 3 is 2.09 bits per heavy atom. The average Bonchev–Trinajstić information content (AvgIpc) is 2.75. The topological polar surface area (TPSA) is 66.6 Å². The van der Waals surface area contributed by atoms with E-state index < -0.39 is 11.9 Å². The van der Waals surface area contributed by atoms with E-state index in [1.165, 1.54) is 76.4 Å². The average molecular weight is 473 g/mol. The summed E-state index contributed by atoms with van der Waals surface area (Å²) >= 11 is 6.21. The number of carboxylic acid groups (broad SMARTS) is 1. The second-order valence-electron chi connectivity index (χ2n) is 9.64. The molecule has 0 heterocycles. The van der Waals surface area contributed by atoms with Gasteiger partial charge in [0.15, 0.2) is 0 Å². The van der Waals surface area contributed by atoms with Crippen molar-refractivity contribution >= 4 is 17.6 Å². The van der Waals surface area contributed by atoms with Gasteiger partial charge in [-0.2, -0.15) is 8.78 Å². The third kappa shape index (κ3) is 10.1. The van der Waals surface area contributed by atoms with Crippen LogP contribution in [0.4, 0.5) is 8.78 Å². The van der Waals surface area contributed by atoms with Crippen molar-refractivity contribution in [1.29, 1.82) is 0 Å². The number of hydrogen-bond acceptors (Lipinski definition) is 3. The first-order valence-corrected chi connectivity index (χ1v) is 12.3. The monoisotopic (exact) mass is 472 g/mol. The standard InChI is InChI=1S/C22H35ClN2.C3H4F2O2/c23-22-8-4-7-21(13-22)17-25(15-19-5-2-1-3-6-19)16-20-11-9-18(14-24)10-12-20;1-3(4,5)2(6)7/h4,7-8,13,18-20H,1-3,5-6,9-12,14-17,24H2;1H3,(H,6,7). The van der Waals surface area contributed by atoms with E-state index >= 15 is 0 Å². The summed E-state index contributed by atoms with van der Waals surface area (Å²) in [6, 6.07) is 8.43. The van der Waals surface area contributed by atoms with Gasteiger partial charge in [-0.3, -0.25) is 4.90 Å². The van der Waals surface area contributed by atoms with Crippen LogP contribution >= 0.6 is 11.6 Å². The van der Waals surface area contributed by atoms with Crippen LogP contribution in [0.1, 0.15) is 70.3 Å². The highest BCUT2D eigenvalue weighted by molar-refractivity contribution is 6.30. The Labute approximate surface area is 196 Å². The fourth-order valence-electron chi connectivity index (χ4n) is 4.85. The van der Waals surface area contributed by atoms with Gasteiger partial charge in [-0.1, -0.05) is 43.0 Å². The molecule has 0 unspecified atom stereocenters. The maximum atomic E-state index is 11.2. The highest BCUT2D eigenvalue weighted by atomic mass is 35.5. The molecule has 1 aromatic carbocycles. The van der Waals surface area contributed by atoms with Gasteiger partial charge in [0.25, 0.3) is 0 Å². The maximum Gasteiger partial charge on any atom is 0.374 e. The van der Waals surface area contributed by atoms with Gasteiger partial charge < -0.3 is 10.8 Å². The van der Waals surface area contributed by atoms with Crippen molar-refractivity contribution in [2.75, 3.05) is 19.6 Å². The van der Waals surface area contributed by atoms with E-state index in [4.69, 9.17) is 22.4 Å². The Balaban J connectivity index is 0.000000451. The van der Waals surface area contributed by atoms with Crippen molar-refractivity contribution in [2.24, 2.45) is 23.5 Å².